The van der Waals surface area contributed by atoms with E-state index in [4.69, 9.17) is 0 Å². The molecule has 1 N–H and O–H groups in total. The van der Waals surface area contributed by atoms with Crippen LogP contribution in [0, 0.1) is 5.92 Å². The van der Waals surface area contributed by atoms with Gasteiger partial charge in [-0.3, -0.25) is 0 Å². The Balaban J connectivity index is 2.34. The van der Waals surface area contributed by atoms with Crippen LogP contribution in [-0.4, -0.2) is 43.0 Å². The minimum absolute atomic E-state index is 0.295. The third kappa shape index (κ3) is 5.42. The van der Waals surface area contributed by atoms with Crippen LogP contribution in [0.25, 0.3) is 0 Å². The monoisotopic (exact) mass is 267 g/mol. The Labute approximate surface area is 115 Å². The molecule has 1 aromatic rings. The molecule has 3 heteroatoms. The minimum Gasteiger partial charge on any atom is -0.396 e. The number of hydrogen-bond acceptors (Lipinski definition) is 3. The fraction of sp³-hybridized carbons (Fsp3) is 0.600. The Morgan fingerprint density at radius 2 is 1.94 bits per heavy atom. The van der Waals surface area contributed by atoms with E-state index >= 15 is 0 Å². The van der Waals surface area contributed by atoms with Crippen LogP contribution in [0.3, 0.4) is 0 Å². The largest absolute Gasteiger partial charge is 0.396 e. The summed E-state index contributed by atoms with van der Waals surface area (Å²) >= 11 is 1.78. The van der Waals surface area contributed by atoms with Crippen molar-refractivity contribution in [3.05, 3.63) is 29.8 Å². The van der Waals surface area contributed by atoms with Gasteiger partial charge in [-0.2, -0.15) is 0 Å². The van der Waals surface area contributed by atoms with E-state index in [9.17, 15) is 5.11 Å². The zero-order chi connectivity index (χ0) is 13.4. The number of aliphatic hydroxyl groups is 1. The number of benzene rings is 1. The summed E-state index contributed by atoms with van der Waals surface area (Å²) in [7, 11) is 2.13. The first kappa shape index (κ1) is 15.5. The van der Waals surface area contributed by atoms with Gasteiger partial charge in [-0.05, 0) is 49.8 Å². The standard InChI is InChI=1S/C15H25NOS/c1-4-13(12-17)11-16(2)10-9-14-5-7-15(18-3)8-6-14/h5-8,13,17H,4,9-12H2,1-3H3. The van der Waals surface area contributed by atoms with Crippen molar-refractivity contribution >= 4 is 11.8 Å². The van der Waals surface area contributed by atoms with Crippen molar-refractivity contribution in [1.29, 1.82) is 0 Å². The van der Waals surface area contributed by atoms with Gasteiger partial charge < -0.3 is 10.0 Å². The van der Waals surface area contributed by atoms with Gasteiger partial charge in [-0.25, -0.2) is 0 Å². The molecule has 0 aliphatic heterocycles. The predicted octanol–water partition coefficient (Wildman–Crippen LogP) is 2.90. The van der Waals surface area contributed by atoms with Crippen LogP contribution in [0.15, 0.2) is 29.2 Å². The van der Waals surface area contributed by atoms with E-state index in [1.165, 1.54) is 10.5 Å². The van der Waals surface area contributed by atoms with Crippen LogP contribution in [-0.2, 0) is 6.42 Å². The van der Waals surface area contributed by atoms with Gasteiger partial charge in [0.25, 0.3) is 0 Å². The molecule has 1 atom stereocenters. The van der Waals surface area contributed by atoms with Gasteiger partial charge in [-0.15, -0.1) is 11.8 Å². The number of aliphatic hydroxyl groups excluding tert-OH is 1. The third-order valence-electron chi connectivity index (χ3n) is 3.35. The second-order valence-electron chi connectivity index (χ2n) is 4.82. The van der Waals surface area contributed by atoms with E-state index in [2.05, 4.69) is 49.4 Å². The van der Waals surface area contributed by atoms with Gasteiger partial charge in [-0.1, -0.05) is 19.1 Å². The number of nitrogens with zero attached hydrogens (tertiary/aromatic N) is 1. The molecule has 0 bridgehead atoms. The predicted molar refractivity (Wildman–Crippen MR) is 80.3 cm³/mol. The summed E-state index contributed by atoms with van der Waals surface area (Å²) in [6.07, 6.45) is 4.22. The van der Waals surface area contributed by atoms with Crippen molar-refractivity contribution in [2.24, 2.45) is 5.92 Å². The highest BCUT2D eigenvalue weighted by Gasteiger charge is 2.08. The van der Waals surface area contributed by atoms with Gasteiger partial charge >= 0.3 is 0 Å². The summed E-state index contributed by atoms with van der Waals surface area (Å²) < 4.78 is 0. The summed E-state index contributed by atoms with van der Waals surface area (Å²) in [5, 5.41) is 9.19. The summed E-state index contributed by atoms with van der Waals surface area (Å²) in [5.74, 6) is 0.411. The molecule has 0 radical (unpaired) electrons. The van der Waals surface area contributed by atoms with Crippen molar-refractivity contribution in [2.45, 2.75) is 24.7 Å². The van der Waals surface area contributed by atoms with E-state index in [-0.39, 0.29) is 0 Å². The molecule has 0 spiro atoms. The first-order valence-electron chi connectivity index (χ1n) is 6.62. The summed E-state index contributed by atoms with van der Waals surface area (Å²) in [5.41, 5.74) is 1.39. The van der Waals surface area contributed by atoms with Crippen molar-refractivity contribution in [2.75, 3.05) is 33.0 Å². The van der Waals surface area contributed by atoms with Crippen molar-refractivity contribution in [3.63, 3.8) is 0 Å². The maximum absolute atomic E-state index is 9.19. The fourth-order valence-electron chi connectivity index (χ4n) is 1.96. The lowest BCUT2D eigenvalue weighted by Crippen LogP contribution is -2.29. The molecule has 1 aromatic carbocycles. The fourth-order valence-corrected chi connectivity index (χ4v) is 2.37. The SMILES string of the molecule is CCC(CO)CN(C)CCc1ccc(SC)cc1. The molecule has 0 aliphatic rings. The van der Waals surface area contributed by atoms with Crippen LogP contribution < -0.4 is 0 Å². The van der Waals surface area contributed by atoms with E-state index in [1.807, 2.05) is 0 Å². The van der Waals surface area contributed by atoms with Gasteiger partial charge in [0.05, 0.1) is 0 Å². The number of thioether (sulfide) groups is 1. The smallest absolute Gasteiger partial charge is 0.0471 e. The van der Waals surface area contributed by atoms with Gasteiger partial charge in [0.15, 0.2) is 0 Å². The second-order valence-corrected chi connectivity index (χ2v) is 5.70. The third-order valence-corrected chi connectivity index (χ3v) is 4.09. The molecule has 0 heterocycles. The van der Waals surface area contributed by atoms with Crippen LogP contribution in [0.5, 0.6) is 0 Å². The van der Waals surface area contributed by atoms with Gasteiger partial charge in [0.1, 0.15) is 0 Å². The molecule has 0 saturated carbocycles. The Kier molecular flexibility index (Phi) is 7.40. The lowest BCUT2D eigenvalue weighted by molar-refractivity contribution is 0.177. The minimum atomic E-state index is 0.295. The second kappa shape index (κ2) is 8.57. The number of rotatable bonds is 8. The molecule has 2 nitrogen and oxygen atoms in total. The first-order chi connectivity index (χ1) is 8.69. The Morgan fingerprint density at radius 3 is 2.44 bits per heavy atom. The van der Waals surface area contributed by atoms with E-state index < -0.39 is 0 Å². The van der Waals surface area contributed by atoms with Crippen molar-refractivity contribution in [3.8, 4) is 0 Å². The lowest BCUT2D eigenvalue weighted by Gasteiger charge is -2.21. The molecule has 1 unspecified atom stereocenters. The molecule has 102 valence electrons. The molecule has 0 aromatic heterocycles. The molecule has 0 amide bonds. The molecule has 0 aliphatic carbocycles. The first-order valence-corrected chi connectivity index (χ1v) is 7.84. The Hall–Kier alpha value is -0.510. The molecule has 0 saturated heterocycles. The normalized spacial score (nSPS) is 12.9. The summed E-state index contributed by atoms with van der Waals surface area (Å²) in [6, 6.07) is 8.79. The van der Waals surface area contributed by atoms with Crippen LogP contribution in [0.4, 0.5) is 0 Å². The summed E-state index contributed by atoms with van der Waals surface area (Å²) in [4.78, 5) is 3.63. The topological polar surface area (TPSA) is 23.5 Å². The van der Waals surface area contributed by atoms with Crippen molar-refractivity contribution < 1.29 is 5.11 Å². The van der Waals surface area contributed by atoms with E-state index in [0.717, 1.165) is 25.9 Å². The highest BCUT2D eigenvalue weighted by molar-refractivity contribution is 7.98. The van der Waals surface area contributed by atoms with Crippen molar-refractivity contribution in [1.82, 2.24) is 4.90 Å². The van der Waals surface area contributed by atoms with Gasteiger partial charge in [0.2, 0.25) is 0 Å². The Bertz CT molecular complexity index is 322. The molecular formula is C15H25NOS. The maximum Gasteiger partial charge on any atom is 0.0471 e. The van der Waals surface area contributed by atoms with E-state index in [0.29, 0.717) is 12.5 Å². The Morgan fingerprint density at radius 1 is 1.28 bits per heavy atom. The van der Waals surface area contributed by atoms with Crippen LogP contribution >= 0.6 is 11.8 Å². The molecule has 18 heavy (non-hydrogen) atoms. The highest BCUT2D eigenvalue weighted by Crippen LogP contribution is 2.15. The maximum atomic E-state index is 9.19. The lowest BCUT2D eigenvalue weighted by atomic mass is 10.1. The number of hydrogen-bond donors (Lipinski definition) is 1. The van der Waals surface area contributed by atoms with Gasteiger partial charge in [0, 0.05) is 24.6 Å². The van der Waals surface area contributed by atoms with Crippen LogP contribution in [0.2, 0.25) is 0 Å². The van der Waals surface area contributed by atoms with E-state index in [1.54, 1.807) is 11.8 Å². The van der Waals surface area contributed by atoms with Crippen LogP contribution in [0.1, 0.15) is 18.9 Å². The highest BCUT2D eigenvalue weighted by atomic mass is 32.2. The number of likely N-dealkylation sites (N-methyl/N-ethyl adjacent to an activating group) is 1. The molecule has 1 rings (SSSR count). The zero-order valence-electron chi connectivity index (χ0n) is 11.7. The zero-order valence-corrected chi connectivity index (χ0v) is 12.5. The molecule has 0 fully saturated rings. The molecular weight excluding hydrogens is 242 g/mol. The average Bonchev–Trinajstić information content (AvgIpc) is 2.43. The quantitative estimate of drug-likeness (QED) is 0.733. The average molecular weight is 267 g/mol. The summed E-state index contributed by atoms with van der Waals surface area (Å²) in [6.45, 7) is 4.46.